The standard InChI is InChI=1S/C23H26N4O3/c1-4-27-23(30)19-8-6-5-7-18(19)21(26-27)22(29)25-24-20(28)14-11-16-9-12-17(13-10-16)15(2)3/h5-10,12-13,15H,4,11,14H2,1-3H3,(H,24,28)(H,25,29). The van der Waals surface area contributed by atoms with Crippen LogP contribution in [0, 0.1) is 0 Å². The van der Waals surface area contributed by atoms with Gasteiger partial charge in [-0.2, -0.15) is 5.10 Å². The van der Waals surface area contributed by atoms with E-state index in [1.807, 2.05) is 12.1 Å². The number of nitrogens with one attached hydrogen (secondary N) is 2. The van der Waals surface area contributed by atoms with Gasteiger partial charge in [-0.3, -0.25) is 25.2 Å². The minimum atomic E-state index is -0.567. The number of aromatic nitrogens is 2. The van der Waals surface area contributed by atoms with Crippen molar-refractivity contribution >= 4 is 22.6 Å². The van der Waals surface area contributed by atoms with Gasteiger partial charge < -0.3 is 0 Å². The Labute approximate surface area is 175 Å². The van der Waals surface area contributed by atoms with Gasteiger partial charge in [0, 0.05) is 18.4 Å². The minimum Gasteiger partial charge on any atom is -0.273 e. The molecule has 1 aromatic heterocycles. The maximum absolute atomic E-state index is 12.6. The molecule has 2 aromatic carbocycles. The molecule has 30 heavy (non-hydrogen) atoms. The Kier molecular flexibility index (Phi) is 6.61. The minimum absolute atomic E-state index is 0.0941. The van der Waals surface area contributed by atoms with Crippen LogP contribution in [-0.4, -0.2) is 21.6 Å². The second kappa shape index (κ2) is 9.35. The number of aryl methyl sites for hydroxylation is 2. The zero-order valence-electron chi connectivity index (χ0n) is 17.4. The molecule has 0 saturated heterocycles. The summed E-state index contributed by atoms with van der Waals surface area (Å²) in [6.45, 7) is 6.39. The number of benzene rings is 2. The lowest BCUT2D eigenvalue weighted by molar-refractivity contribution is -0.121. The Morgan fingerprint density at radius 1 is 1.00 bits per heavy atom. The predicted octanol–water partition coefficient (Wildman–Crippen LogP) is 2.93. The van der Waals surface area contributed by atoms with Crippen LogP contribution in [0.25, 0.3) is 10.8 Å². The van der Waals surface area contributed by atoms with Crippen LogP contribution in [-0.2, 0) is 17.8 Å². The number of carbonyl (C=O) groups is 2. The van der Waals surface area contributed by atoms with Crippen molar-refractivity contribution in [2.24, 2.45) is 0 Å². The number of hydrazine groups is 1. The highest BCUT2D eigenvalue weighted by Crippen LogP contribution is 2.15. The van der Waals surface area contributed by atoms with E-state index in [1.54, 1.807) is 31.2 Å². The fourth-order valence-corrected chi connectivity index (χ4v) is 3.19. The summed E-state index contributed by atoms with van der Waals surface area (Å²) in [6.07, 6.45) is 0.811. The number of carbonyl (C=O) groups excluding carboxylic acids is 2. The smallest absolute Gasteiger partial charge is 0.273 e. The Bertz CT molecular complexity index is 1120. The maximum Gasteiger partial charge on any atom is 0.290 e. The van der Waals surface area contributed by atoms with Crippen molar-refractivity contribution in [3.63, 3.8) is 0 Å². The van der Waals surface area contributed by atoms with Gasteiger partial charge in [0.2, 0.25) is 5.91 Å². The number of hydrogen-bond acceptors (Lipinski definition) is 4. The average molecular weight is 406 g/mol. The van der Waals surface area contributed by atoms with Crippen molar-refractivity contribution in [2.45, 2.75) is 46.1 Å². The van der Waals surface area contributed by atoms with Gasteiger partial charge in [-0.05, 0) is 36.5 Å². The van der Waals surface area contributed by atoms with Crippen LogP contribution in [0.4, 0.5) is 0 Å². The second-order valence-corrected chi connectivity index (χ2v) is 7.41. The third-order valence-electron chi connectivity index (χ3n) is 4.98. The molecule has 0 radical (unpaired) electrons. The Hall–Kier alpha value is -3.48. The summed E-state index contributed by atoms with van der Waals surface area (Å²) in [5.74, 6) is -0.406. The Morgan fingerprint density at radius 2 is 1.67 bits per heavy atom. The first-order valence-corrected chi connectivity index (χ1v) is 10.1. The van der Waals surface area contributed by atoms with Crippen molar-refractivity contribution in [3.05, 3.63) is 75.7 Å². The highest BCUT2D eigenvalue weighted by Gasteiger charge is 2.16. The molecule has 0 aliphatic heterocycles. The first kappa shape index (κ1) is 21.2. The highest BCUT2D eigenvalue weighted by atomic mass is 16.2. The monoisotopic (exact) mass is 406 g/mol. The fourth-order valence-electron chi connectivity index (χ4n) is 3.19. The van der Waals surface area contributed by atoms with Crippen LogP contribution in [0.15, 0.2) is 53.3 Å². The molecule has 3 aromatic rings. The lowest BCUT2D eigenvalue weighted by atomic mass is 10.0. The maximum atomic E-state index is 12.6. The molecule has 1 heterocycles. The number of amides is 2. The summed E-state index contributed by atoms with van der Waals surface area (Å²) in [6, 6.07) is 15.0. The molecule has 0 aliphatic carbocycles. The van der Waals surface area contributed by atoms with E-state index in [1.165, 1.54) is 10.2 Å². The highest BCUT2D eigenvalue weighted by molar-refractivity contribution is 6.05. The van der Waals surface area contributed by atoms with Crippen molar-refractivity contribution in [1.82, 2.24) is 20.6 Å². The summed E-state index contributed by atoms with van der Waals surface area (Å²) in [4.78, 5) is 37.2. The van der Waals surface area contributed by atoms with E-state index in [0.29, 0.717) is 29.7 Å². The molecule has 2 N–H and O–H groups in total. The third kappa shape index (κ3) is 4.74. The van der Waals surface area contributed by atoms with E-state index >= 15 is 0 Å². The predicted molar refractivity (Wildman–Crippen MR) is 116 cm³/mol. The van der Waals surface area contributed by atoms with Gasteiger partial charge in [0.05, 0.1) is 5.39 Å². The SMILES string of the molecule is CCn1nc(C(=O)NNC(=O)CCc2ccc(C(C)C)cc2)c2ccccc2c1=O. The summed E-state index contributed by atoms with van der Waals surface area (Å²) in [7, 11) is 0. The molecular weight excluding hydrogens is 380 g/mol. The number of fused-ring (bicyclic) bond motifs is 1. The molecule has 7 nitrogen and oxygen atoms in total. The second-order valence-electron chi connectivity index (χ2n) is 7.41. The molecule has 7 heteroatoms. The molecule has 0 spiro atoms. The van der Waals surface area contributed by atoms with Gasteiger partial charge in [-0.1, -0.05) is 56.3 Å². The molecule has 0 fully saturated rings. The van der Waals surface area contributed by atoms with Crippen molar-refractivity contribution in [2.75, 3.05) is 0 Å². The quantitative estimate of drug-likeness (QED) is 0.616. The molecule has 0 atom stereocenters. The van der Waals surface area contributed by atoms with Crippen LogP contribution in [0.2, 0.25) is 0 Å². The molecule has 0 unspecified atom stereocenters. The normalized spacial score (nSPS) is 10.9. The van der Waals surface area contributed by atoms with E-state index in [9.17, 15) is 14.4 Å². The van der Waals surface area contributed by atoms with Gasteiger partial charge in [-0.25, -0.2) is 4.68 Å². The van der Waals surface area contributed by atoms with Crippen LogP contribution in [0.5, 0.6) is 0 Å². The molecule has 156 valence electrons. The zero-order valence-corrected chi connectivity index (χ0v) is 17.4. The summed E-state index contributed by atoms with van der Waals surface area (Å²) < 4.78 is 1.24. The molecule has 0 aliphatic rings. The van der Waals surface area contributed by atoms with E-state index in [4.69, 9.17) is 0 Å². The van der Waals surface area contributed by atoms with Crippen LogP contribution in [0.1, 0.15) is 54.7 Å². The van der Waals surface area contributed by atoms with Gasteiger partial charge in [0.25, 0.3) is 11.5 Å². The fraction of sp³-hybridized carbons (Fsp3) is 0.304. The van der Waals surface area contributed by atoms with E-state index in [0.717, 1.165) is 5.56 Å². The molecule has 3 rings (SSSR count). The van der Waals surface area contributed by atoms with Crippen molar-refractivity contribution < 1.29 is 9.59 Å². The molecular formula is C23H26N4O3. The van der Waals surface area contributed by atoms with E-state index < -0.39 is 5.91 Å². The van der Waals surface area contributed by atoms with E-state index in [-0.39, 0.29) is 23.6 Å². The molecule has 2 amide bonds. The molecule has 0 bridgehead atoms. The number of nitrogens with zero attached hydrogens (tertiary/aromatic N) is 2. The van der Waals surface area contributed by atoms with Gasteiger partial charge >= 0.3 is 0 Å². The third-order valence-corrected chi connectivity index (χ3v) is 4.98. The first-order chi connectivity index (χ1) is 14.4. The van der Waals surface area contributed by atoms with Gasteiger partial charge in [-0.15, -0.1) is 0 Å². The van der Waals surface area contributed by atoms with Crippen LogP contribution < -0.4 is 16.4 Å². The Balaban J connectivity index is 1.63. The summed E-state index contributed by atoms with van der Waals surface area (Å²) >= 11 is 0. The van der Waals surface area contributed by atoms with Crippen molar-refractivity contribution in [1.29, 1.82) is 0 Å². The van der Waals surface area contributed by atoms with Crippen LogP contribution >= 0.6 is 0 Å². The van der Waals surface area contributed by atoms with Crippen LogP contribution in [0.3, 0.4) is 0 Å². The average Bonchev–Trinajstić information content (AvgIpc) is 2.76. The largest absolute Gasteiger partial charge is 0.290 e. The van der Waals surface area contributed by atoms with E-state index in [2.05, 4.69) is 41.9 Å². The molecule has 0 saturated carbocycles. The summed E-state index contributed by atoms with van der Waals surface area (Å²) in [5.41, 5.74) is 6.99. The van der Waals surface area contributed by atoms with Gasteiger partial charge in [0.15, 0.2) is 5.69 Å². The van der Waals surface area contributed by atoms with Gasteiger partial charge in [0.1, 0.15) is 0 Å². The number of hydrogen-bond donors (Lipinski definition) is 2. The summed E-state index contributed by atoms with van der Waals surface area (Å²) in [5, 5.41) is 5.01. The lowest BCUT2D eigenvalue weighted by Gasteiger charge is -2.11. The zero-order chi connectivity index (χ0) is 21.7. The lowest BCUT2D eigenvalue weighted by Crippen LogP contribution is -2.42. The first-order valence-electron chi connectivity index (χ1n) is 10.1. The van der Waals surface area contributed by atoms with Crippen molar-refractivity contribution in [3.8, 4) is 0 Å². The Morgan fingerprint density at radius 3 is 2.30 bits per heavy atom. The topological polar surface area (TPSA) is 93.1 Å². The number of rotatable bonds is 6.